The van der Waals surface area contributed by atoms with Gasteiger partial charge in [-0.2, -0.15) is 0 Å². The lowest BCUT2D eigenvalue weighted by Gasteiger charge is -2.08. The van der Waals surface area contributed by atoms with Crippen molar-refractivity contribution < 1.29 is 9.53 Å². The van der Waals surface area contributed by atoms with E-state index in [2.05, 4.69) is 5.18 Å². The molecule has 92 valence electrons. The molecule has 4 heteroatoms. The molecule has 0 N–H and O–H groups in total. The normalized spacial score (nSPS) is 12.1. The maximum atomic E-state index is 11.2. The second-order valence-electron chi connectivity index (χ2n) is 4.12. The Hall–Kier alpha value is -2.23. The Labute approximate surface area is 105 Å². The molecule has 0 aliphatic carbocycles. The number of carbonyl (C=O) groups excluding carboxylic acids is 1. The van der Waals surface area contributed by atoms with Gasteiger partial charge in [0.15, 0.2) is 0 Å². The molecule has 0 heterocycles. The van der Waals surface area contributed by atoms with Gasteiger partial charge in [-0.05, 0) is 35.4 Å². The zero-order valence-corrected chi connectivity index (χ0v) is 10.2. The summed E-state index contributed by atoms with van der Waals surface area (Å²) in [6, 6.07) is 11.3. The first-order valence-electron chi connectivity index (χ1n) is 5.60. The zero-order chi connectivity index (χ0) is 13.1. The number of benzene rings is 2. The first-order valence-corrected chi connectivity index (χ1v) is 5.60. The van der Waals surface area contributed by atoms with Crippen LogP contribution in [0.2, 0.25) is 0 Å². The SMILES string of the molecule is COc1ccc2cc(C(C)C(=O)N=O)ccc2c1. The lowest BCUT2D eigenvalue weighted by molar-refractivity contribution is -0.119. The Balaban J connectivity index is 2.44. The maximum absolute atomic E-state index is 11.2. The monoisotopic (exact) mass is 243 g/mol. The number of rotatable bonds is 3. The Morgan fingerprint density at radius 1 is 1.17 bits per heavy atom. The molecule has 1 atom stereocenters. The van der Waals surface area contributed by atoms with Crippen molar-refractivity contribution in [3.8, 4) is 5.75 Å². The van der Waals surface area contributed by atoms with Crippen molar-refractivity contribution in [3.05, 3.63) is 46.9 Å². The third kappa shape index (κ3) is 2.22. The average molecular weight is 243 g/mol. The van der Waals surface area contributed by atoms with Crippen LogP contribution in [0, 0.1) is 4.91 Å². The Kier molecular flexibility index (Phi) is 3.37. The van der Waals surface area contributed by atoms with E-state index in [1.165, 1.54) is 0 Å². The largest absolute Gasteiger partial charge is 0.497 e. The van der Waals surface area contributed by atoms with Crippen LogP contribution in [0.1, 0.15) is 18.4 Å². The lowest BCUT2D eigenvalue weighted by Crippen LogP contribution is -2.05. The molecule has 0 fully saturated rings. The number of carbonyl (C=O) groups is 1. The van der Waals surface area contributed by atoms with Crippen LogP contribution in [-0.4, -0.2) is 13.0 Å². The van der Waals surface area contributed by atoms with Gasteiger partial charge >= 0.3 is 0 Å². The fourth-order valence-corrected chi connectivity index (χ4v) is 1.86. The summed E-state index contributed by atoms with van der Waals surface area (Å²) < 4.78 is 5.15. The molecule has 2 aromatic rings. The number of hydrogen-bond acceptors (Lipinski definition) is 3. The van der Waals surface area contributed by atoms with Crippen molar-refractivity contribution in [2.24, 2.45) is 5.18 Å². The fourth-order valence-electron chi connectivity index (χ4n) is 1.86. The van der Waals surface area contributed by atoms with Crippen molar-refractivity contribution >= 4 is 16.7 Å². The molecule has 4 nitrogen and oxygen atoms in total. The van der Waals surface area contributed by atoms with Gasteiger partial charge in [0, 0.05) is 5.18 Å². The van der Waals surface area contributed by atoms with Crippen molar-refractivity contribution in [2.45, 2.75) is 12.8 Å². The summed E-state index contributed by atoms with van der Waals surface area (Å²) in [7, 11) is 1.62. The van der Waals surface area contributed by atoms with E-state index in [-0.39, 0.29) is 0 Å². The molecular formula is C14H13NO3. The average Bonchev–Trinajstić information content (AvgIpc) is 2.44. The number of fused-ring (bicyclic) bond motifs is 1. The summed E-state index contributed by atoms with van der Waals surface area (Å²) in [5.74, 6) is -0.370. The predicted molar refractivity (Wildman–Crippen MR) is 69.7 cm³/mol. The Morgan fingerprint density at radius 2 is 1.83 bits per heavy atom. The van der Waals surface area contributed by atoms with Crippen LogP contribution in [0.3, 0.4) is 0 Å². The highest BCUT2D eigenvalue weighted by Crippen LogP contribution is 2.25. The van der Waals surface area contributed by atoms with Crippen molar-refractivity contribution in [3.63, 3.8) is 0 Å². The number of nitrogens with zero attached hydrogens (tertiary/aromatic N) is 1. The van der Waals surface area contributed by atoms with E-state index in [0.717, 1.165) is 22.1 Å². The topological polar surface area (TPSA) is 55.7 Å². The van der Waals surface area contributed by atoms with Crippen LogP contribution in [-0.2, 0) is 4.79 Å². The molecule has 0 radical (unpaired) electrons. The van der Waals surface area contributed by atoms with Crippen LogP contribution < -0.4 is 4.74 Å². The number of hydrogen-bond donors (Lipinski definition) is 0. The summed E-state index contributed by atoms with van der Waals surface area (Å²) in [6.45, 7) is 1.68. The van der Waals surface area contributed by atoms with Gasteiger partial charge in [0.25, 0.3) is 5.91 Å². The predicted octanol–water partition coefficient (Wildman–Crippen LogP) is 3.24. The quantitative estimate of drug-likeness (QED) is 0.777. The number of methoxy groups -OCH3 is 1. The third-order valence-corrected chi connectivity index (χ3v) is 3.03. The second kappa shape index (κ2) is 4.96. The molecule has 1 amide bonds. The maximum Gasteiger partial charge on any atom is 0.293 e. The molecule has 18 heavy (non-hydrogen) atoms. The summed E-state index contributed by atoms with van der Waals surface area (Å²) in [5.41, 5.74) is 0.789. The van der Waals surface area contributed by atoms with E-state index in [1.807, 2.05) is 36.4 Å². The summed E-state index contributed by atoms with van der Waals surface area (Å²) in [4.78, 5) is 21.5. The van der Waals surface area contributed by atoms with Gasteiger partial charge in [0.05, 0.1) is 13.0 Å². The van der Waals surface area contributed by atoms with Crippen LogP contribution >= 0.6 is 0 Å². The third-order valence-electron chi connectivity index (χ3n) is 3.03. The number of ether oxygens (including phenoxy) is 1. The molecule has 2 aromatic carbocycles. The second-order valence-corrected chi connectivity index (χ2v) is 4.12. The van der Waals surface area contributed by atoms with Gasteiger partial charge in [-0.1, -0.05) is 24.3 Å². The molecule has 0 saturated carbocycles. The minimum Gasteiger partial charge on any atom is -0.497 e. The van der Waals surface area contributed by atoms with E-state index >= 15 is 0 Å². The molecule has 0 aliphatic heterocycles. The summed E-state index contributed by atoms with van der Waals surface area (Å²) in [6.07, 6.45) is 0. The minimum absolute atomic E-state index is 0.506. The molecule has 2 rings (SSSR count). The molecule has 0 aliphatic rings. The first-order chi connectivity index (χ1) is 8.65. The van der Waals surface area contributed by atoms with Crippen molar-refractivity contribution in [1.29, 1.82) is 0 Å². The Bertz CT molecular complexity index is 607. The van der Waals surface area contributed by atoms with Gasteiger partial charge in [0.2, 0.25) is 0 Å². The van der Waals surface area contributed by atoms with Crippen LogP contribution in [0.15, 0.2) is 41.6 Å². The highest BCUT2D eigenvalue weighted by Gasteiger charge is 2.15. The van der Waals surface area contributed by atoms with Gasteiger partial charge in [-0.3, -0.25) is 4.79 Å². The van der Waals surface area contributed by atoms with Gasteiger partial charge in [-0.25, -0.2) is 0 Å². The first kappa shape index (κ1) is 12.2. The Morgan fingerprint density at radius 3 is 2.50 bits per heavy atom. The number of nitroso groups, excluding NO2 is 1. The molecule has 0 saturated heterocycles. The smallest absolute Gasteiger partial charge is 0.293 e. The molecule has 0 aromatic heterocycles. The van der Waals surface area contributed by atoms with Gasteiger partial charge in [0.1, 0.15) is 5.75 Å². The van der Waals surface area contributed by atoms with E-state index < -0.39 is 11.8 Å². The van der Waals surface area contributed by atoms with E-state index in [0.29, 0.717) is 0 Å². The molecular weight excluding hydrogens is 230 g/mol. The number of amides is 1. The highest BCUT2D eigenvalue weighted by atomic mass is 16.5. The summed E-state index contributed by atoms with van der Waals surface area (Å²) in [5, 5.41) is 4.49. The fraction of sp³-hybridized carbons (Fsp3) is 0.214. The van der Waals surface area contributed by atoms with Crippen molar-refractivity contribution in [2.75, 3.05) is 7.11 Å². The molecule has 1 unspecified atom stereocenters. The van der Waals surface area contributed by atoms with Crippen molar-refractivity contribution in [1.82, 2.24) is 0 Å². The van der Waals surface area contributed by atoms with E-state index in [4.69, 9.17) is 4.74 Å². The van der Waals surface area contributed by atoms with Crippen LogP contribution in [0.5, 0.6) is 5.75 Å². The minimum atomic E-state index is -0.650. The van der Waals surface area contributed by atoms with Gasteiger partial charge in [-0.15, -0.1) is 4.91 Å². The van der Waals surface area contributed by atoms with E-state index in [9.17, 15) is 9.70 Å². The highest BCUT2D eigenvalue weighted by molar-refractivity contribution is 5.88. The molecule has 0 bridgehead atoms. The summed E-state index contributed by atoms with van der Waals surface area (Å²) >= 11 is 0. The molecule has 0 spiro atoms. The zero-order valence-electron chi connectivity index (χ0n) is 10.2. The standard InChI is InChI=1S/C14H13NO3/c1-9(14(16)15-17)10-3-4-12-8-13(18-2)6-5-11(12)7-10/h3-9H,1-2H3. The lowest BCUT2D eigenvalue weighted by atomic mass is 9.97. The van der Waals surface area contributed by atoms with Crippen LogP contribution in [0.4, 0.5) is 0 Å². The van der Waals surface area contributed by atoms with E-state index in [1.54, 1.807) is 14.0 Å². The van der Waals surface area contributed by atoms with Gasteiger partial charge < -0.3 is 4.74 Å². The van der Waals surface area contributed by atoms with Crippen LogP contribution in [0.25, 0.3) is 10.8 Å².